The van der Waals surface area contributed by atoms with Crippen molar-refractivity contribution in [1.29, 1.82) is 0 Å². The zero-order chi connectivity index (χ0) is 23.8. The van der Waals surface area contributed by atoms with Gasteiger partial charge in [0.15, 0.2) is 17.9 Å². The molecule has 178 valence electrons. The van der Waals surface area contributed by atoms with E-state index in [2.05, 4.69) is 94.7 Å². The highest BCUT2D eigenvalue weighted by Gasteiger charge is 2.56. The van der Waals surface area contributed by atoms with E-state index in [-0.39, 0.29) is 0 Å². The van der Waals surface area contributed by atoms with Crippen LogP contribution in [0.4, 0.5) is 17.1 Å². The molecule has 0 radical (unpaired) electrons. The Morgan fingerprint density at radius 1 is 0.735 bits per heavy atom. The van der Waals surface area contributed by atoms with E-state index in [9.17, 15) is 0 Å². The first kappa shape index (κ1) is 23.1. The molecule has 2 aromatic carbocycles. The lowest BCUT2D eigenvalue weighted by molar-refractivity contribution is -0.776. The smallest absolute Gasteiger partial charge is 0.171 e. The maximum absolute atomic E-state index is 9.08. The molecule has 3 aromatic rings. The van der Waals surface area contributed by atoms with Crippen molar-refractivity contribution in [3.63, 3.8) is 0 Å². The van der Waals surface area contributed by atoms with Gasteiger partial charge in [0.25, 0.3) is 0 Å². The third-order valence-corrected chi connectivity index (χ3v) is 7.65. The molecule has 4 bridgehead atoms. The molecule has 0 unspecified atom stereocenters. The highest BCUT2D eigenvalue weighted by molar-refractivity contribution is 7.84. The van der Waals surface area contributed by atoms with Crippen molar-refractivity contribution < 1.29 is 17.5 Å². The fraction of sp³-hybridized carbons (Fsp3) is 0.393. The average Bonchev–Trinajstić information content (AvgIpc) is 2.79. The minimum absolute atomic E-state index is 0.387. The van der Waals surface area contributed by atoms with Crippen molar-refractivity contribution in [2.24, 2.45) is 17.8 Å². The Kier molecular flexibility index (Phi) is 6.21. The molecule has 0 N–H and O–H groups in total. The Labute approximate surface area is 202 Å². The number of benzene rings is 2. The van der Waals surface area contributed by atoms with Crippen molar-refractivity contribution in [2.75, 3.05) is 11.2 Å². The highest BCUT2D eigenvalue weighted by atomic mass is 32.2. The van der Waals surface area contributed by atoms with Gasteiger partial charge in [0.2, 0.25) is 0 Å². The molecule has 4 aliphatic carbocycles. The Balaban J connectivity index is 0.000000439. The molecule has 34 heavy (non-hydrogen) atoms. The minimum atomic E-state index is -3.92. The van der Waals surface area contributed by atoms with Crippen molar-refractivity contribution in [3.05, 3.63) is 85.2 Å². The number of rotatable bonds is 4. The van der Waals surface area contributed by atoms with Crippen molar-refractivity contribution in [2.45, 2.75) is 44.1 Å². The number of pyridine rings is 1. The summed E-state index contributed by atoms with van der Waals surface area (Å²) < 4.78 is 29.8. The normalized spacial score (nSPS) is 27.1. The quantitative estimate of drug-likeness (QED) is 0.367. The summed E-state index contributed by atoms with van der Waals surface area (Å²) in [7, 11) is -3.92. The van der Waals surface area contributed by atoms with Gasteiger partial charge < -0.3 is 9.45 Å². The topological polar surface area (TPSA) is 64.3 Å². The molecule has 6 heteroatoms. The third kappa shape index (κ3) is 5.03. The van der Waals surface area contributed by atoms with Gasteiger partial charge >= 0.3 is 0 Å². The molecule has 1 aromatic heterocycles. The summed E-state index contributed by atoms with van der Waals surface area (Å²) in [5.74, 6) is 2.91. The Bertz CT molecular complexity index is 1130. The van der Waals surface area contributed by atoms with Crippen LogP contribution in [0.15, 0.2) is 85.2 Å². The number of hydrogen-bond acceptors (Lipinski definition) is 4. The largest absolute Gasteiger partial charge is 0.748 e. The first-order chi connectivity index (χ1) is 16.3. The fourth-order valence-corrected chi connectivity index (χ4v) is 6.87. The zero-order valence-electron chi connectivity index (χ0n) is 19.6. The van der Waals surface area contributed by atoms with Crippen LogP contribution in [0, 0.1) is 17.8 Å². The summed E-state index contributed by atoms with van der Waals surface area (Å²) in [6.45, 7) is 0. The summed E-state index contributed by atoms with van der Waals surface area (Å²) in [6.07, 6.45) is 14.0. The molecule has 4 fully saturated rings. The Morgan fingerprint density at radius 2 is 1.09 bits per heavy atom. The van der Waals surface area contributed by atoms with Crippen LogP contribution in [-0.4, -0.2) is 19.2 Å². The van der Waals surface area contributed by atoms with Crippen molar-refractivity contribution in [3.8, 4) is 0 Å². The van der Waals surface area contributed by atoms with Crippen LogP contribution >= 0.6 is 0 Å². The standard InChI is InChI=1S/C27H29N2.CH4O3S/c1-3-7-24(8-4-1)29(25-9-5-2-6-10-25)26-11-13-28(14-12-26)27-18-21-15-22(19-27)17-23(16-21)20-27;1-5(2,3)4/h1-14,21-23H,15-20H2;1H3,(H,2,3,4)/q+1;/p-1. The van der Waals surface area contributed by atoms with E-state index in [4.69, 9.17) is 13.0 Å². The monoisotopic (exact) mass is 476 g/mol. The van der Waals surface area contributed by atoms with Crippen LogP contribution in [-0.2, 0) is 15.7 Å². The summed E-state index contributed by atoms with van der Waals surface area (Å²) >= 11 is 0. The molecule has 1 heterocycles. The first-order valence-corrected chi connectivity index (χ1v) is 13.9. The van der Waals surface area contributed by atoms with Crippen LogP contribution in [0.2, 0.25) is 0 Å². The second-order valence-corrected chi connectivity index (χ2v) is 11.7. The van der Waals surface area contributed by atoms with E-state index >= 15 is 0 Å². The van der Waals surface area contributed by atoms with Gasteiger partial charge in [0.1, 0.15) is 0 Å². The zero-order valence-corrected chi connectivity index (χ0v) is 20.4. The summed E-state index contributed by atoms with van der Waals surface area (Å²) in [5, 5.41) is 0. The van der Waals surface area contributed by atoms with Crippen LogP contribution in [0.25, 0.3) is 0 Å². The van der Waals surface area contributed by atoms with E-state index in [1.54, 1.807) is 0 Å². The molecule has 0 amide bonds. The van der Waals surface area contributed by atoms with Gasteiger partial charge in [0.05, 0.1) is 15.8 Å². The molecular formula is C28H32N2O3S. The number of nitrogens with zero attached hydrogens (tertiary/aromatic N) is 2. The summed E-state index contributed by atoms with van der Waals surface area (Å²) in [6, 6.07) is 26.0. The van der Waals surface area contributed by atoms with Gasteiger partial charge in [-0.15, -0.1) is 0 Å². The number of anilines is 3. The van der Waals surface area contributed by atoms with Crippen molar-refractivity contribution in [1.82, 2.24) is 0 Å². The second-order valence-electron chi connectivity index (χ2n) is 10.3. The average molecular weight is 477 g/mol. The van der Waals surface area contributed by atoms with E-state index < -0.39 is 10.1 Å². The second kappa shape index (κ2) is 9.16. The SMILES string of the molecule is CS(=O)(=O)[O-].c1ccc(N(c2ccccc2)c2cc[n+](C34CC5CC(CC(C5)C3)C4)cc2)cc1. The summed E-state index contributed by atoms with van der Waals surface area (Å²) in [5.41, 5.74) is 4.01. The Morgan fingerprint density at radius 3 is 1.47 bits per heavy atom. The lowest BCUT2D eigenvalue weighted by Crippen LogP contribution is -2.64. The van der Waals surface area contributed by atoms with E-state index in [1.807, 2.05) is 0 Å². The predicted molar refractivity (Wildman–Crippen MR) is 133 cm³/mol. The number of aromatic nitrogens is 1. The molecule has 4 aliphatic rings. The third-order valence-electron chi connectivity index (χ3n) is 7.65. The molecule has 0 aliphatic heterocycles. The number of para-hydroxylation sites is 2. The van der Waals surface area contributed by atoms with Gasteiger partial charge in [-0.3, -0.25) is 0 Å². The van der Waals surface area contributed by atoms with Gasteiger partial charge in [0, 0.05) is 49.0 Å². The fourth-order valence-electron chi connectivity index (χ4n) is 6.87. The van der Waals surface area contributed by atoms with Crippen molar-refractivity contribution >= 4 is 27.2 Å². The minimum Gasteiger partial charge on any atom is -0.748 e. The van der Waals surface area contributed by atoms with Crippen LogP contribution < -0.4 is 9.47 Å². The molecule has 7 rings (SSSR count). The van der Waals surface area contributed by atoms with E-state index in [1.165, 1.54) is 55.6 Å². The van der Waals surface area contributed by atoms with Crippen LogP contribution in [0.5, 0.6) is 0 Å². The highest BCUT2D eigenvalue weighted by Crippen LogP contribution is 2.56. The van der Waals surface area contributed by atoms with Gasteiger partial charge in [-0.05, 0) is 61.3 Å². The van der Waals surface area contributed by atoms with Crippen LogP contribution in [0.1, 0.15) is 38.5 Å². The molecular weight excluding hydrogens is 444 g/mol. The van der Waals surface area contributed by atoms with Gasteiger partial charge in [-0.1, -0.05) is 36.4 Å². The number of hydrogen-bond donors (Lipinski definition) is 0. The van der Waals surface area contributed by atoms with Gasteiger partial charge in [-0.2, -0.15) is 4.57 Å². The molecule has 0 spiro atoms. The van der Waals surface area contributed by atoms with Gasteiger partial charge in [-0.25, -0.2) is 8.42 Å². The maximum atomic E-state index is 9.08. The lowest BCUT2D eigenvalue weighted by Gasteiger charge is -2.53. The maximum Gasteiger partial charge on any atom is 0.171 e. The lowest BCUT2D eigenvalue weighted by atomic mass is 9.53. The predicted octanol–water partition coefficient (Wildman–Crippen LogP) is 5.53. The first-order valence-electron chi connectivity index (χ1n) is 12.1. The molecule has 5 nitrogen and oxygen atoms in total. The molecule has 0 saturated heterocycles. The molecule has 4 saturated carbocycles. The Hall–Kier alpha value is -2.70. The summed E-state index contributed by atoms with van der Waals surface area (Å²) in [4.78, 5) is 2.35. The van der Waals surface area contributed by atoms with Crippen LogP contribution in [0.3, 0.4) is 0 Å². The van der Waals surface area contributed by atoms with E-state index in [0.717, 1.165) is 17.8 Å². The molecule has 0 atom stereocenters. The van der Waals surface area contributed by atoms with E-state index in [0.29, 0.717) is 11.8 Å².